The van der Waals surface area contributed by atoms with E-state index >= 15 is 0 Å². The topological polar surface area (TPSA) is 78.5 Å². The SMILES string of the molecule is CCc1ccc(NC(=O)CN2C(=O)NC(CCc3ccccc3)C2=O)cc1. The maximum absolute atomic E-state index is 12.5. The number of nitrogens with zero attached hydrogens (tertiary/aromatic N) is 1. The molecule has 1 fully saturated rings. The molecule has 0 radical (unpaired) electrons. The lowest BCUT2D eigenvalue weighted by atomic mass is 10.1. The van der Waals surface area contributed by atoms with Crippen molar-refractivity contribution in [3.8, 4) is 0 Å². The van der Waals surface area contributed by atoms with E-state index < -0.39 is 18.0 Å². The number of anilines is 1. The van der Waals surface area contributed by atoms with Gasteiger partial charge in [0.25, 0.3) is 5.91 Å². The van der Waals surface area contributed by atoms with Gasteiger partial charge in [-0.25, -0.2) is 4.79 Å². The van der Waals surface area contributed by atoms with Crippen molar-refractivity contribution in [2.24, 2.45) is 0 Å². The Balaban J connectivity index is 1.53. The first-order valence-electron chi connectivity index (χ1n) is 9.11. The molecule has 1 heterocycles. The minimum atomic E-state index is -0.589. The molecular weight excluding hydrogens is 342 g/mol. The van der Waals surface area contributed by atoms with Crippen LogP contribution in [0, 0.1) is 0 Å². The van der Waals surface area contributed by atoms with Crippen molar-refractivity contribution < 1.29 is 14.4 Å². The largest absolute Gasteiger partial charge is 0.326 e. The van der Waals surface area contributed by atoms with Gasteiger partial charge in [-0.15, -0.1) is 0 Å². The van der Waals surface area contributed by atoms with Crippen molar-refractivity contribution in [3.63, 3.8) is 0 Å². The Morgan fingerprint density at radius 1 is 1.04 bits per heavy atom. The molecule has 140 valence electrons. The fraction of sp³-hybridized carbons (Fsp3) is 0.286. The quantitative estimate of drug-likeness (QED) is 0.741. The molecule has 0 bridgehead atoms. The van der Waals surface area contributed by atoms with Crippen LogP contribution in [0.1, 0.15) is 24.5 Å². The van der Waals surface area contributed by atoms with Gasteiger partial charge < -0.3 is 10.6 Å². The van der Waals surface area contributed by atoms with E-state index in [1.165, 1.54) is 5.56 Å². The Kier molecular flexibility index (Phi) is 5.86. The maximum Gasteiger partial charge on any atom is 0.325 e. The number of imide groups is 1. The number of carbonyl (C=O) groups is 3. The van der Waals surface area contributed by atoms with Crippen LogP contribution in [0.25, 0.3) is 0 Å². The lowest BCUT2D eigenvalue weighted by molar-refractivity contribution is -0.130. The third-order valence-corrected chi connectivity index (χ3v) is 4.62. The van der Waals surface area contributed by atoms with Gasteiger partial charge in [-0.3, -0.25) is 14.5 Å². The zero-order chi connectivity index (χ0) is 19.2. The van der Waals surface area contributed by atoms with Gasteiger partial charge in [0.1, 0.15) is 12.6 Å². The molecule has 1 aliphatic heterocycles. The summed E-state index contributed by atoms with van der Waals surface area (Å²) in [6.45, 7) is 1.77. The zero-order valence-electron chi connectivity index (χ0n) is 15.3. The van der Waals surface area contributed by atoms with Crippen LogP contribution in [0.3, 0.4) is 0 Å². The van der Waals surface area contributed by atoms with Crippen LogP contribution in [-0.4, -0.2) is 35.3 Å². The lowest BCUT2D eigenvalue weighted by Crippen LogP contribution is -2.38. The van der Waals surface area contributed by atoms with Crippen LogP contribution in [0.2, 0.25) is 0 Å². The van der Waals surface area contributed by atoms with Gasteiger partial charge in [-0.1, -0.05) is 49.4 Å². The van der Waals surface area contributed by atoms with Gasteiger partial charge in [-0.2, -0.15) is 0 Å². The summed E-state index contributed by atoms with van der Waals surface area (Å²) in [5, 5.41) is 5.39. The minimum absolute atomic E-state index is 0.290. The molecule has 2 aromatic carbocycles. The first-order chi connectivity index (χ1) is 13.1. The summed E-state index contributed by atoms with van der Waals surface area (Å²) < 4.78 is 0. The third kappa shape index (κ3) is 4.73. The minimum Gasteiger partial charge on any atom is -0.326 e. The summed E-state index contributed by atoms with van der Waals surface area (Å²) in [5.41, 5.74) is 2.92. The number of hydrogen-bond acceptors (Lipinski definition) is 3. The summed E-state index contributed by atoms with van der Waals surface area (Å²) >= 11 is 0. The average Bonchev–Trinajstić information content (AvgIpc) is 2.95. The first-order valence-corrected chi connectivity index (χ1v) is 9.11. The van der Waals surface area contributed by atoms with Crippen molar-refractivity contribution in [3.05, 3.63) is 65.7 Å². The number of hydrogen-bond donors (Lipinski definition) is 2. The molecule has 0 spiro atoms. The number of benzene rings is 2. The van der Waals surface area contributed by atoms with Crippen LogP contribution < -0.4 is 10.6 Å². The van der Waals surface area contributed by atoms with Gasteiger partial charge in [0.15, 0.2) is 0 Å². The number of nitrogens with one attached hydrogen (secondary N) is 2. The molecule has 1 saturated heterocycles. The zero-order valence-corrected chi connectivity index (χ0v) is 15.3. The summed E-state index contributed by atoms with van der Waals surface area (Å²) in [6.07, 6.45) is 2.10. The Bertz CT molecular complexity index is 818. The summed E-state index contributed by atoms with van der Waals surface area (Å²) in [5.74, 6) is -0.751. The van der Waals surface area contributed by atoms with E-state index in [1.807, 2.05) is 54.6 Å². The van der Waals surface area contributed by atoms with Crippen molar-refractivity contribution in [1.82, 2.24) is 10.2 Å². The number of aryl methyl sites for hydroxylation is 2. The molecule has 1 atom stereocenters. The summed E-state index contributed by atoms with van der Waals surface area (Å²) in [4.78, 5) is 37.8. The fourth-order valence-electron chi connectivity index (χ4n) is 3.05. The predicted molar refractivity (Wildman–Crippen MR) is 103 cm³/mol. The highest BCUT2D eigenvalue weighted by atomic mass is 16.2. The Morgan fingerprint density at radius 3 is 2.41 bits per heavy atom. The molecule has 0 aromatic heterocycles. The second-order valence-electron chi connectivity index (χ2n) is 6.55. The first kappa shape index (κ1) is 18.6. The van der Waals surface area contributed by atoms with Gasteiger partial charge >= 0.3 is 6.03 Å². The van der Waals surface area contributed by atoms with Crippen LogP contribution in [0.4, 0.5) is 10.5 Å². The Labute approximate surface area is 158 Å². The second-order valence-corrected chi connectivity index (χ2v) is 6.55. The molecular formula is C21H23N3O3. The molecule has 2 N–H and O–H groups in total. The molecule has 1 aliphatic rings. The van der Waals surface area contributed by atoms with Crippen LogP contribution in [-0.2, 0) is 22.4 Å². The second kappa shape index (κ2) is 8.49. The molecule has 4 amide bonds. The maximum atomic E-state index is 12.5. The highest BCUT2D eigenvalue weighted by Crippen LogP contribution is 2.14. The average molecular weight is 365 g/mol. The fourth-order valence-corrected chi connectivity index (χ4v) is 3.05. The van der Waals surface area contributed by atoms with Gasteiger partial charge in [0, 0.05) is 5.69 Å². The Hall–Kier alpha value is -3.15. The van der Waals surface area contributed by atoms with Crippen molar-refractivity contribution in [2.45, 2.75) is 32.2 Å². The molecule has 1 unspecified atom stereocenters. The lowest BCUT2D eigenvalue weighted by Gasteiger charge is -2.13. The molecule has 3 rings (SSSR count). The Morgan fingerprint density at radius 2 is 1.74 bits per heavy atom. The van der Waals surface area contributed by atoms with E-state index in [4.69, 9.17) is 0 Å². The molecule has 0 aliphatic carbocycles. The highest BCUT2D eigenvalue weighted by Gasteiger charge is 2.38. The summed E-state index contributed by atoms with van der Waals surface area (Å²) in [6, 6.07) is 16.2. The monoisotopic (exact) mass is 365 g/mol. The van der Waals surface area contributed by atoms with Gasteiger partial charge in [0.05, 0.1) is 0 Å². The van der Waals surface area contributed by atoms with E-state index in [0.717, 1.165) is 16.9 Å². The number of rotatable bonds is 7. The van der Waals surface area contributed by atoms with Crippen molar-refractivity contribution in [2.75, 3.05) is 11.9 Å². The molecule has 2 aromatic rings. The standard InChI is InChI=1S/C21H23N3O3/c1-2-15-8-11-17(12-9-15)22-19(25)14-24-20(26)18(23-21(24)27)13-10-16-6-4-3-5-7-16/h3-9,11-12,18H,2,10,13-14H2,1H3,(H,22,25)(H,23,27). The number of amides is 4. The van der Waals surface area contributed by atoms with Gasteiger partial charge in [-0.05, 0) is 42.5 Å². The van der Waals surface area contributed by atoms with E-state index in [-0.39, 0.29) is 12.5 Å². The number of carbonyl (C=O) groups excluding carboxylic acids is 3. The van der Waals surface area contributed by atoms with Crippen molar-refractivity contribution in [1.29, 1.82) is 0 Å². The van der Waals surface area contributed by atoms with E-state index in [2.05, 4.69) is 17.6 Å². The predicted octanol–water partition coefficient (Wildman–Crippen LogP) is 2.74. The summed E-state index contributed by atoms with van der Waals surface area (Å²) in [7, 11) is 0. The highest BCUT2D eigenvalue weighted by molar-refractivity contribution is 6.07. The normalized spacial score (nSPS) is 16.3. The van der Waals surface area contributed by atoms with E-state index in [0.29, 0.717) is 18.5 Å². The van der Waals surface area contributed by atoms with Crippen LogP contribution >= 0.6 is 0 Å². The van der Waals surface area contributed by atoms with Crippen LogP contribution in [0.5, 0.6) is 0 Å². The van der Waals surface area contributed by atoms with Gasteiger partial charge in [0.2, 0.25) is 5.91 Å². The molecule has 6 heteroatoms. The van der Waals surface area contributed by atoms with Crippen molar-refractivity contribution >= 4 is 23.5 Å². The van der Waals surface area contributed by atoms with E-state index in [1.54, 1.807) is 0 Å². The number of urea groups is 1. The molecule has 27 heavy (non-hydrogen) atoms. The molecule has 6 nitrogen and oxygen atoms in total. The third-order valence-electron chi connectivity index (χ3n) is 4.62. The smallest absolute Gasteiger partial charge is 0.325 e. The molecule has 0 saturated carbocycles. The van der Waals surface area contributed by atoms with E-state index in [9.17, 15) is 14.4 Å². The van der Waals surface area contributed by atoms with Crippen LogP contribution in [0.15, 0.2) is 54.6 Å².